The lowest BCUT2D eigenvalue weighted by molar-refractivity contribution is -0.137. The maximum absolute atomic E-state index is 12.4. The first-order chi connectivity index (χ1) is 7.36. The van der Waals surface area contributed by atoms with Crippen LogP contribution in [0.2, 0.25) is 0 Å². The van der Waals surface area contributed by atoms with Gasteiger partial charge in [-0.3, -0.25) is 0 Å². The highest BCUT2D eigenvalue weighted by Crippen LogP contribution is 2.34. The van der Waals surface area contributed by atoms with Crippen molar-refractivity contribution in [3.63, 3.8) is 0 Å². The summed E-state index contributed by atoms with van der Waals surface area (Å²) < 4.78 is 37.2. The molecule has 0 aromatic heterocycles. The van der Waals surface area contributed by atoms with Gasteiger partial charge in [0.2, 0.25) is 0 Å². The van der Waals surface area contributed by atoms with Crippen molar-refractivity contribution in [2.75, 3.05) is 0 Å². The fourth-order valence-electron chi connectivity index (χ4n) is 1.33. The SMILES string of the molecule is C=CC[C@@H](N)c1cc(C(F)(F)F)ccc1O.Cl. The third-order valence-corrected chi connectivity index (χ3v) is 2.17. The summed E-state index contributed by atoms with van der Waals surface area (Å²) in [4.78, 5) is 0. The van der Waals surface area contributed by atoms with Crippen molar-refractivity contribution < 1.29 is 18.3 Å². The molecule has 0 saturated carbocycles. The first-order valence-electron chi connectivity index (χ1n) is 4.63. The maximum Gasteiger partial charge on any atom is 0.416 e. The molecular formula is C11H13ClF3NO. The number of nitrogens with two attached hydrogens (primary N) is 1. The molecule has 0 spiro atoms. The Morgan fingerprint density at radius 3 is 2.47 bits per heavy atom. The number of halogens is 4. The molecule has 1 aromatic carbocycles. The number of phenols is 1. The minimum Gasteiger partial charge on any atom is -0.508 e. The van der Waals surface area contributed by atoms with Gasteiger partial charge in [-0.25, -0.2) is 0 Å². The van der Waals surface area contributed by atoms with E-state index in [1.165, 1.54) is 6.08 Å². The first kappa shape index (κ1) is 15.8. The summed E-state index contributed by atoms with van der Waals surface area (Å²) in [7, 11) is 0. The summed E-state index contributed by atoms with van der Waals surface area (Å²) in [5.41, 5.74) is 4.88. The second-order valence-electron chi connectivity index (χ2n) is 3.40. The molecule has 1 atom stereocenters. The third-order valence-electron chi connectivity index (χ3n) is 2.17. The number of rotatable bonds is 3. The number of alkyl halides is 3. The number of benzene rings is 1. The van der Waals surface area contributed by atoms with Gasteiger partial charge in [-0.1, -0.05) is 6.08 Å². The van der Waals surface area contributed by atoms with Crippen molar-refractivity contribution in [1.29, 1.82) is 0 Å². The van der Waals surface area contributed by atoms with Crippen LogP contribution in [0.1, 0.15) is 23.6 Å². The van der Waals surface area contributed by atoms with Crippen LogP contribution < -0.4 is 5.73 Å². The van der Waals surface area contributed by atoms with Crippen LogP contribution in [0.4, 0.5) is 13.2 Å². The molecule has 96 valence electrons. The molecule has 0 aliphatic rings. The Labute approximate surface area is 103 Å². The lowest BCUT2D eigenvalue weighted by Gasteiger charge is -2.14. The Morgan fingerprint density at radius 2 is 2.00 bits per heavy atom. The molecule has 6 heteroatoms. The van der Waals surface area contributed by atoms with E-state index >= 15 is 0 Å². The fraction of sp³-hybridized carbons (Fsp3) is 0.273. The lowest BCUT2D eigenvalue weighted by Crippen LogP contribution is -2.12. The van der Waals surface area contributed by atoms with E-state index in [-0.39, 0.29) is 23.7 Å². The molecule has 17 heavy (non-hydrogen) atoms. The molecule has 2 nitrogen and oxygen atoms in total. The minimum absolute atomic E-state index is 0. The van der Waals surface area contributed by atoms with Gasteiger partial charge in [0.1, 0.15) is 5.75 Å². The van der Waals surface area contributed by atoms with Crippen LogP contribution in [-0.4, -0.2) is 5.11 Å². The van der Waals surface area contributed by atoms with E-state index in [4.69, 9.17) is 5.73 Å². The van der Waals surface area contributed by atoms with Crippen molar-refractivity contribution in [3.05, 3.63) is 42.0 Å². The monoisotopic (exact) mass is 267 g/mol. The molecule has 0 bridgehead atoms. The molecule has 0 aliphatic heterocycles. The molecular weight excluding hydrogens is 255 g/mol. The summed E-state index contributed by atoms with van der Waals surface area (Å²) >= 11 is 0. The maximum atomic E-state index is 12.4. The summed E-state index contributed by atoms with van der Waals surface area (Å²) in [5.74, 6) is -0.234. The molecule has 0 radical (unpaired) electrons. The smallest absolute Gasteiger partial charge is 0.416 e. The van der Waals surface area contributed by atoms with Gasteiger partial charge >= 0.3 is 6.18 Å². The Kier molecular flexibility index (Phi) is 5.51. The van der Waals surface area contributed by atoms with Gasteiger partial charge in [-0.15, -0.1) is 19.0 Å². The van der Waals surface area contributed by atoms with Crippen LogP contribution >= 0.6 is 12.4 Å². The number of hydrogen-bond acceptors (Lipinski definition) is 2. The zero-order valence-corrected chi connectivity index (χ0v) is 9.68. The highest BCUT2D eigenvalue weighted by molar-refractivity contribution is 5.85. The van der Waals surface area contributed by atoms with Crippen LogP contribution in [0.15, 0.2) is 30.9 Å². The quantitative estimate of drug-likeness (QED) is 0.825. The van der Waals surface area contributed by atoms with Gasteiger partial charge in [-0.05, 0) is 24.6 Å². The fourth-order valence-corrected chi connectivity index (χ4v) is 1.33. The predicted molar refractivity (Wildman–Crippen MR) is 62.1 cm³/mol. The first-order valence-corrected chi connectivity index (χ1v) is 4.63. The van der Waals surface area contributed by atoms with Crippen molar-refractivity contribution in [2.45, 2.75) is 18.6 Å². The second kappa shape index (κ2) is 5.93. The van der Waals surface area contributed by atoms with Crippen LogP contribution in [0.3, 0.4) is 0 Å². The zero-order chi connectivity index (χ0) is 12.3. The van der Waals surface area contributed by atoms with E-state index < -0.39 is 17.8 Å². The summed E-state index contributed by atoms with van der Waals surface area (Å²) in [6, 6.07) is 2.00. The molecule has 0 fully saturated rings. The van der Waals surface area contributed by atoms with E-state index in [0.29, 0.717) is 6.42 Å². The zero-order valence-electron chi connectivity index (χ0n) is 8.87. The summed E-state index contributed by atoms with van der Waals surface area (Å²) in [6.45, 7) is 3.44. The van der Waals surface area contributed by atoms with Crippen molar-refractivity contribution in [1.82, 2.24) is 0 Å². The predicted octanol–water partition coefficient (Wildman–Crippen LogP) is 3.41. The van der Waals surface area contributed by atoms with Gasteiger partial charge in [0.25, 0.3) is 0 Å². The molecule has 0 amide bonds. The number of aromatic hydroxyl groups is 1. The Hall–Kier alpha value is -1.20. The highest BCUT2D eigenvalue weighted by Gasteiger charge is 2.31. The van der Waals surface area contributed by atoms with Crippen LogP contribution in [0.5, 0.6) is 5.75 Å². The largest absolute Gasteiger partial charge is 0.508 e. The van der Waals surface area contributed by atoms with Crippen molar-refractivity contribution in [2.24, 2.45) is 5.73 Å². The van der Waals surface area contributed by atoms with Crippen molar-refractivity contribution in [3.8, 4) is 5.75 Å². The number of phenolic OH excluding ortho intramolecular Hbond substituents is 1. The minimum atomic E-state index is -4.43. The van der Waals surface area contributed by atoms with Gasteiger partial charge < -0.3 is 10.8 Å². The van der Waals surface area contributed by atoms with E-state index in [0.717, 1.165) is 18.2 Å². The molecule has 0 saturated heterocycles. The average Bonchev–Trinajstić information content (AvgIpc) is 2.16. The topological polar surface area (TPSA) is 46.2 Å². The van der Waals surface area contributed by atoms with Gasteiger partial charge in [-0.2, -0.15) is 13.2 Å². The Balaban J connectivity index is 0.00000256. The standard InChI is InChI=1S/C11H12F3NO.ClH/c1-2-3-9(15)8-6-7(11(12,13)14)4-5-10(8)16;/h2,4-6,9,16H,1,3,15H2;1H/t9-;/m1./s1. The lowest BCUT2D eigenvalue weighted by atomic mass is 10.0. The van der Waals surface area contributed by atoms with Crippen LogP contribution in [0, 0.1) is 0 Å². The van der Waals surface area contributed by atoms with Gasteiger partial charge in [0.05, 0.1) is 5.56 Å². The second-order valence-corrected chi connectivity index (χ2v) is 3.40. The van der Waals surface area contributed by atoms with Crippen molar-refractivity contribution >= 4 is 12.4 Å². The summed E-state index contributed by atoms with van der Waals surface area (Å²) in [5, 5.41) is 9.42. The molecule has 3 N–H and O–H groups in total. The highest BCUT2D eigenvalue weighted by atomic mass is 35.5. The normalized spacial score (nSPS) is 12.7. The van der Waals surface area contributed by atoms with E-state index in [1.54, 1.807) is 0 Å². The molecule has 0 aliphatic carbocycles. The van der Waals surface area contributed by atoms with E-state index in [2.05, 4.69) is 6.58 Å². The number of hydrogen-bond donors (Lipinski definition) is 2. The summed E-state index contributed by atoms with van der Waals surface area (Å²) in [6.07, 6.45) is -2.64. The van der Waals surface area contributed by atoms with E-state index in [1.807, 2.05) is 0 Å². The molecule has 0 heterocycles. The molecule has 1 rings (SSSR count). The Morgan fingerprint density at radius 1 is 1.41 bits per heavy atom. The van der Waals surface area contributed by atoms with E-state index in [9.17, 15) is 18.3 Å². The Bertz CT molecular complexity index is 393. The van der Waals surface area contributed by atoms with Gasteiger partial charge in [0, 0.05) is 11.6 Å². The van der Waals surface area contributed by atoms with Crippen LogP contribution in [-0.2, 0) is 6.18 Å². The average molecular weight is 268 g/mol. The molecule has 1 aromatic rings. The molecule has 0 unspecified atom stereocenters. The van der Waals surface area contributed by atoms with Gasteiger partial charge in [0.15, 0.2) is 0 Å². The van der Waals surface area contributed by atoms with Crippen LogP contribution in [0.25, 0.3) is 0 Å². The third kappa shape index (κ3) is 3.94.